The van der Waals surface area contributed by atoms with E-state index < -0.39 is 0 Å². The number of hydrogen-bond donors (Lipinski definition) is 1. The third kappa shape index (κ3) is 5.63. The summed E-state index contributed by atoms with van der Waals surface area (Å²) in [6, 6.07) is 16.3. The van der Waals surface area contributed by atoms with Crippen LogP contribution in [0.4, 0.5) is 5.69 Å². The zero-order chi connectivity index (χ0) is 16.8. The van der Waals surface area contributed by atoms with E-state index in [0.717, 1.165) is 50.5 Å². The minimum Gasteiger partial charge on any atom is -0.496 e. The topological polar surface area (TPSA) is 47.7 Å². The second kappa shape index (κ2) is 9.66. The Kier molecular flexibility index (Phi) is 7.56. The van der Waals surface area contributed by atoms with E-state index in [2.05, 4.69) is 23.1 Å². The van der Waals surface area contributed by atoms with E-state index in [-0.39, 0.29) is 12.4 Å². The molecule has 0 amide bonds. The summed E-state index contributed by atoms with van der Waals surface area (Å²) in [5.41, 5.74) is 9.16. The van der Waals surface area contributed by atoms with Gasteiger partial charge in [-0.25, -0.2) is 0 Å². The van der Waals surface area contributed by atoms with Gasteiger partial charge in [-0.1, -0.05) is 30.3 Å². The fraction of sp³-hybridized carbons (Fsp3) is 0.400. The predicted octanol–water partition coefficient (Wildman–Crippen LogP) is 3.88. The molecular formula is C20H27ClN2O2. The van der Waals surface area contributed by atoms with Crippen molar-refractivity contribution in [1.29, 1.82) is 0 Å². The van der Waals surface area contributed by atoms with Gasteiger partial charge >= 0.3 is 0 Å². The number of methoxy groups -OCH3 is 1. The number of nitrogens with zero attached hydrogens (tertiary/aromatic N) is 1. The van der Waals surface area contributed by atoms with Crippen molar-refractivity contribution in [2.75, 3.05) is 26.0 Å². The molecule has 0 aromatic heterocycles. The van der Waals surface area contributed by atoms with E-state index in [0.29, 0.717) is 6.10 Å². The number of hydrogen-bond acceptors (Lipinski definition) is 4. The maximum atomic E-state index is 5.93. The van der Waals surface area contributed by atoms with Crippen LogP contribution in [-0.4, -0.2) is 31.3 Å². The highest BCUT2D eigenvalue weighted by Crippen LogP contribution is 2.22. The van der Waals surface area contributed by atoms with Crippen LogP contribution < -0.4 is 10.5 Å². The molecule has 1 saturated heterocycles. The van der Waals surface area contributed by atoms with Gasteiger partial charge in [-0.2, -0.15) is 0 Å². The second-order valence-corrected chi connectivity index (χ2v) is 6.36. The van der Waals surface area contributed by atoms with Crippen LogP contribution in [0, 0.1) is 0 Å². The average molecular weight is 363 g/mol. The Labute approximate surface area is 156 Å². The monoisotopic (exact) mass is 362 g/mol. The molecule has 1 aliphatic rings. The molecule has 1 aliphatic heterocycles. The van der Waals surface area contributed by atoms with Crippen LogP contribution in [0.3, 0.4) is 0 Å². The molecule has 1 fully saturated rings. The highest BCUT2D eigenvalue weighted by molar-refractivity contribution is 5.85. The Bertz CT molecular complexity index is 660. The molecule has 4 nitrogen and oxygen atoms in total. The summed E-state index contributed by atoms with van der Waals surface area (Å²) in [4.78, 5) is 2.42. The molecule has 1 atom stereocenters. The summed E-state index contributed by atoms with van der Waals surface area (Å²) < 4.78 is 11.3. The van der Waals surface area contributed by atoms with Gasteiger partial charge in [0.15, 0.2) is 0 Å². The smallest absolute Gasteiger partial charge is 0.123 e. The zero-order valence-corrected chi connectivity index (χ0v) is 15.5. The van der Waals surface area contributed by atoms with Crippen molar-refractivity contribution in [3.05, 3.63) is 59.7 Å². The number of anilines is 1. The van der Waals surface area contributed by atoms with Crippen molar-refractivity contribution >= 4 is 18.1 Å². The van der Waals surface area contributed by atoms with Crippen LogP contribution in [0.5, 0.6) is 5.75 Å². The summed E-state index contributed by atoms with van der Waals surface area (Å²) in [5.74, 6) is 0.933. The molecule has 0 radical (unpaired) electrons. The molecule has 136 valence electrons. The van der Waals surface area contributed by atoms with Gasteiger partial charge < -0.3 is 15.2 Å². The van der Waals surface area contributed by atoms with Gasteiger partial charge in [0.25, 0.3) is 0 Å². The quantitative estimate of drug-likeness (QED) is 0.759. The van der Waals surface area contributed by atoms with E-state index in [9.17, 15) is 0 Å². The Morgan fingerprint density at radius 1 is 1.16 bits per heavy atom. The van der Waals surface area contributed by atoms with Gasteiger partial charge in [-0.15, -0.1) is 12.4 Å². The van der Waals surface area contributed by atoms with Crippen molar-refractivity contribution < 1.29 is 9.47 Å². The first-order valence-electron chi connectivity index (χ1n) is 8.55. The number of benzene rings is 2. The lowest BCUT2D eigenvalue weighted by molar-refractivity contribution is 0.0676. The first-order chi connectivity index (χ1) is 11.7. The van der Waals surface area contributed by atoms with Gasteiger partial charge in [-0.05, 0) is 36.6 Å². The largest absolute Gasteiger partial charge is 0.496 e. The number of nitrogens with two attached hydrogens (primary N) is 1. The second-order valence-electron chi connectivity index (χ2n) is 6.36. The molecule has 2 aromatic rings. The van der Waals surface area contributed by atoms with Crippen LogP contribution >= 0.6 is 12.4 Å². The molecule has 1 unspecified atom stereocenters. The Morgan fingerprint density at radius 3 is 2.72 bits per heavy atom. The lowest BCUT2D eigenvalue weighted by Gasteiger charge is -2.26. The summed E-state index contributed by atoms with van der Waals surface area (Å²) in [7, 11) is 1.72. The van der Waals surface area contributed by atoms with E-state index in [1.807, 2.05) is 30.3 Å². The molecular weight excluding hydrogens is 336 g/mol. The number of ether oxygens (including phenoxy) is 2. The molecule has 0 spiro atoms. The Hall–Kier alpha value is -1.75. The van der Waals surface area contributed by atoms with Crippen molar-refractivity contribution in [3.63, 3.8) is 0 Å². The summed E-state index contributed by atoms with van der Waals surface area (Å²) in [6.45, 7) is 3.49. The highest BCUT2D eigenvalue weighted by Gasteiger charge is 2.20. The number of halogens is 1. The molecule has 3 rings (SSSR count). The fourth-order valence-electron chi connectivity index (χ4n) is 3.29. The Morgan fingerprint density at radius 2 is 2.00 bits per heavy atom. The van der Waals surface area contributed by atoms with Crippen LogP contribution in [0.15, 0.2) is 48.5 Å². The average Bonchev–Trinajstić information content (AvgIpc) is 3.08. The van der Waals surface area contributed by atoms with Gasteiger partial charge in [0.05, 0.1) is 13.2 Å². The molecule has 0 aliphatic carbocycles. The molecule has 0 bridgehead atoms. The van der Waals surface area contributed by atoms with Gasteiger partial charge in [0.2, 0.25) is 0 Å². The molecule has 2 N–H and O–H groups in total. The maximum Gasteiger partial charge on any atom is 0.123 e. The minimum absolute atomic E-state index is 0. The number of rotatable bonds is 7. The summed E-state index contributed by atoms with van der Waals surface area (Å²) in [5, 5.41) is 0. The normalized spacial score (nSPS) is 16.6. The van der Waals surface area contributed by atoms with Crippen molar-refractivity contribution in [2.45, 2.75) is 32.0 Å². The van der Waals surface area contributed by atoms with Crippen molar-refractivity contribution in [2.24, 2.45) is 0 Å². The van der Waals surface area contributed by atoms with Gasteiger partial charge in [-0.3, -0.25) is 4.90 Å². The van der Waals surface area contributed by atoms with Crippen LogP contribution in [0.25, 0.3) is 0 Å². The maximum absolute atomic E-state index is 5.93. The first-order valence-corrected chi connectivity index (χ1v) is 8.55. The third-order valence-corrected chi connectivity index (χ3v) is 4.43. The fourth-order valence-corrected chi connectivity index (χ4v) is 3.29. The summed E-state index contributed by atoms with van der Waals surface area (Å²) >= 11 is 0. The molecule has 0 saturated carbocycles. The lowest BCUT2D eigenvalue weighted by Crippen LogP contribution is -2.31. The van der Waals surface area contributed by atoms with Gasteiger partial charge in [0, 0.05) is 37.5 Å². The first kappa shape index (κ1) is 19.6. The predicted molar refractivity (Wildman–Crippen MR) is 104 cm³/mol. The molecule has 5 heteroatoms. The molecule has 25 heavy (non-hydrogen) atoms. The molecule has 1 heterocycles. The minimum atomic E-state index is 0. The SMILES string of the molecule is COc1ccccc1CN(Cc1cccc(N)c1)CC1CCCO1.Cl. The van der Waals surface area contributed by atoms with E-state index >= 15 is 0 Å². The van der Waals surface area contributed by atoms with Crippen molar-refractivity contribution in [3.8, 4) is 5.75 Å². The molecule has 2 aromatic carbocycles. The van der Waals surface area contributed by atoms with E-state index in [4.69, 9.17) is 15.2 Å². The van der Waals surface area contributed by atoms with Crippen LogP contribution in [-0.2, 0) is 17.8 Å². The van der Waals surface area contributed by atoms with Crippen LogP contribution in [0.1, 0.15) is 24.0 Å². The van der Waals surface area contributed by atoms with Crippen molar-refractivity contribution in [1.82, 2.24) is 4.90 Å². The highest BCUT2D eigenvalue weighted by atomic mass is 35.5. The Balaban J connectivity index is 0.00000225. The third-order valence-electron chi connectivity index (χ3n) is 4.43. The lowest BCUT2D eigenvalue weighted by atomic mass is 10.1. The van der Waals surface area contributed by atoms with Gasteiger partial charge in [0.1, 0.15) is 5.75 Å². The summed E-state index contributed by atoms with van der Waals surface area (Å²) in [6.07, 6.45) is 2.62. The zero-order valence-electron chi connectivity index (χ0n) is 14.7. The van der Waals surface area contributed by atoms with Crippen LogP contribution in [0.2, 0.25) is 0 Å². The number of para-hydroxylation sites is 1. The standard InChI is InChI=1S/C20H26N2O2.ClH/c1-23-20-10-3-2-7-17(20)14-22(15-19-9-5-11-24-19)13-16-6-4-8-18(21)12-16;/h2-4,6-8,10,12,19H,5,9,11,13-15,21H2,1H3;1H. The van der Waals surface area contributed by atoms with E-state index in [1.165, 1.54) is 11.1 Å². The van der Waals surface area contributed by atoms with E-state index in [1.54, 1.807) is 7.11 Å². The number of nitrogen functional groups attached to an aromatic ring is 1.